The van der Waals surface area contributed by atoms with E-state index in [9.17, 15) is 9.59 Å². The molecule has 0 fully saturated rings. The van der Waals surface area contributed by atoms with Crippen LogP contribution >= 0.6 is 0 Å². The second kappa shape index (κ2) is 50.2. The molecule has 0 amide bonds. The molecule has 0 bridgehead atoms. The number of carbonyl (C=O) groups is 2. The van der Waals surface area contributed by atoms with Crippen LogP contribution in [0.25, 0.3) is 0 Å². The first-order valence-electron chi connectivity index (χ1n) is 24.8. The van der Waals surface area contributed by atoms with Crippen molar-refractivity contribution in [2.24, 2.45) is 0 Å². The van der Waals surface area contributed by atoms with Gasteiger partial charge in [0.25, 0.3) is 0 Å². The van der Waals surface area contributed by atoms with Crippen molar-refractivity contribution >= 4 is 11.9 Å². The minimum Gasteiger partial charge on any atom is -0.462 e. The van der Waals surface area contributed by atoms with Gasteiger partial charge in [0.15, 0.2) is 6.10 Å². The Balaban J connectivity index is 4.35. The minimum absolute atomic E-state index is 0.0484. The Morgan fingerprint density at radius 3 is 1.25 bits per heavy atom. The van der Waals surface area contributed by atoms with E-state index >= 15 is 0 Å². The lowest BCUT2D eigenvalue weighted by Gasteiger charge is -2.18. The summed E-state index contributed by atoms with van der Waals surface area (Å²) in [7, 11) is 0. The van der Waals surface area contributed by atoms with Crippen LogP contribution in [0.1, 0.15) is 213 Å². The van der Waals surface area contributed by atoms with Crippen LogP contribution < -0.4 is 0 Å². The first kappa shape index (κ1) is 56.8. The number of carbonyl (C=O) groups excluding carboxylic acids is 2. The van der Waals surface area contributed by atoms with Gasteiger partial charge >= 0.3 is 11.9 Å². The third-order valence-corrected chi connectivity index (χ3v) is 10.1. The predicted octanol–water partition coefficient (Wildman–Crippen LogP) is 16.7. The summed E-state index contributed by atoms with van der Waals surface area (Å²) in [5.74, 6) is -0.478. The van der Waals surface area contributed by atoms with Gasteiger partial charge in [0.1, 0.15) is 6.61 Å². The summed E-state index contributed by atoms with van der Waals surface area (Å²) >= 11 is 0. The first-order chi connectivity index (χ1) is 29.6. The smallest absolute Gasteiger partial charge is 0.306 e. The van der Waals surface area contributed by atoms with Crippen LogP contribution in [0.3, 0.4) is 0 Å². The molecule has 0 saturated carbocycles. The van der Waals surface area contributed by atoms with E-state index in [1.807, 2.05) is 0 Å². The maximum absolute atomic E-state index is 12.8. The third kappa shape index (κ3) is 47.5. The van der Waals surface area contributed by atoms with Crippen LogP contribution in [-0.2, 0) is 23.8 Å². The fourth-order valence-electron chi connectivity index (χ4n) is 6.50. The van der Waals surface area contributed by atoms with Crippen molar-refractivity contribution in [2.75, 3.05) is 19.8 Å². The van der Waals surface area contributed by atoms with Crippen molar-refractivity contribution in [3.63, 3.8) is 0 Å². The molecule has 0 N–H and O–H groups in total. The van der Waals surface area contributed by atoms with Crippen LogP contribution in [0.2, 0.25) is 0 Å². The number of ether oxygens (including phenoxy) is 3. The molecule has 0 rings (SSSR count). The average Bonchev–Trinajstić information content (AvgIpc) is 3.25. The number of hydrogen-bond acceptors (Lipinski definition) is 5. The van der Waals surface area contributed by atoms with E-state index in [-0.39, 0.29) is 25.2 Å². The van der Waals surface area contributed by atoms with E-state index in [0.717, 1.165) is 103 Å². The van der Waals surface area contributed by atoms with E-state index < -0.39 is 6.10 Å². The van der Waals surface area contributed by atoms with Gasteiger partial charge in [-0.2, -0.15) is 0 Å². The van der Waals surface area contributed by atoms with Crippen molar-refractivity contribution in [1.29, 1.82) is 0 Å². The van der Waals surface area contributed by atoms with Gasteiger partial charge in [0, 0.05) is 19.4 Å². The summed E-state index contributed by atoms with van der Waals surface area (Å²) in [6.07, 6.45) is 67.0. The SMILES string of the molecule is CC/C=C\C/C=C\C/C=C\C/C=C\C/C=C\CCCC(=O)OCC(COCCCCCCCCCCCC)OC(=O)CCCCCCCCC/C=C\C/C=C\C/C=C\CC. The van der Waals surface area contributed by atoms with Crippen molar-refractivity contribution in [3.8, 4) is 0 Å². The summed E-state index contributed by atoms with van der Waals surface area (Å²) in [5.41, 5.74) is 0. The number of esters is 2. The Morgan fingerprint density at radius 2 is 0.767 bits per heavy atom. The number of hydrogen-bond donors (Lipinski definition) is 0. The topological polar surface area (TPSA) is 61.8 Å². The second-order valence-electron chi connectivity index (χ2n) is 16.0. The van der Waals surface area contributed by atoms with E-state index in [0.29, 0.717) is 19.4 Å². The van der Waals surface area contributed by atoms with Gasteiger partial charge in [0.05, 0.1) is 6.61 Å². The lowest BCUT2D eigenvalue weighted by Crippen LogP contribution is -2.30. The minimum atomic E-state index is -0.566. The second-order valence-corrected chi connectivity index (χ2v) is 16.0. The van der Waals surface area contributed by atoms with E-state index in [4.69, 9.17) is 14.2 Å². The molecule has 1 unspecified atom stereocenters. The van der Waals surface area contributed by atoms with Crippen molar-refractivity contribution in [2.45, 2.75) is 219 Å². The van der Waals surface area contributed by atoms with Gasteiger partial charge in [-0.05, 0) is 89.9 Å². The molecule has 0 aliphatic rings. The molecule has 0 radical (unpaired) electrons. The maximum Gasteiger partial charge on any atom is 0.306 e. The Kier molecular flexibility index (Phi) is 47.5. The summed E-state index contributed by atoms with van der Waals surface area (Å²) in [5, 5.41) is 0. The molecule has 5 heteroatoms. The van der Waals surface area contributed by atoms with Crippen LogP contribution in [0.15, 0.2) is 97.2 Å². The molecular weight excluding hydrogens is 741 g/mol. The molecule has 0 aromatic rings. The lowest BCUT2D eigenvalue weighted by molar-refractivity contribution is -0.163. The van der Waals surface area contributed by atoms with E-state index in [1.54, 1.807) is 0 Å². The highest BCUT2D eigenvalue weighted by molar-refractivity contribution is 5.70. The van der Waals surface area contributed by atoms with Gasteiger partial charge < -0.3 is 14.2 Å². The molecule has 0 aromatic heterocycles. The maximum atomic E-state index is 12.8. The molecule has 0 aliphatic heterocycles. The summed E-state index contributed by atoms with van der Waals surface area (Å²) in [4.78, 5) is 25.3. The Hall–Kier alpha value is -3.18. The largest absolute Gasteiger partial charge is 0.462 e. The highest BCUT2D eigenvalue weighted by Crippen LogP contribution is 2.13. The van der Waals surface area contributed by atoms with Crippen molar-refractivity contribution < 1.29 is 23.8 Å². The fraction of sp³-hybridized carbons (Fsp3) is 0.673. The van der Waals surface area contributed by atoms with Crippen LogP contribution in [0, 0.1) is 0 Å². The van der Waals surface area contributed by atoms with Crippen LogP contribution in [-0.4, -0.2) is 37.9 Å². The standard InChI is InChI=1S/C55H92O5/c1-4-7-10-13-16-19-22-24-26-28-30-32-34-36-39-42-45-48-54(56)59-52-53(51-58-50-47-44-41-38-21-18-15-12-9-6-3)60-55(57)49-46-43-40-37-35-33-31-29-27-25-23-20-17-14-11-8-5-2/h7-8,10-11,16-17,19-20,24-27,30,32,36,39,53H,4-6,9,12-15,18,21-23,28-29,31,33-35,37-38,40-52H2,1-3H3/b10-7-,11-8-,19-16-,20-17-,26-24-,27-25-,32-30-,39-36-. The molecule has 60 heavy (non-hydrogen) atoms. The average molecular weight is 833 g/mol. The number of allylic oxidation sites excluding steroid dienone is 16. The summed E-state index contributed by atoms with van der Waals surface area (Å²) < 4.78 is 17.3. The molecule has 342 valence electrons. The number of rotatable bonds is 44. The zero-order valence-electron chi connectivity index (χ0n) is 39.2. The highest BCUT2D eigenvalue weighted by Gasteiger charge is 2.17. The van der Waals surface area contributed by atoms with E-state index in [1.165, 1.54) is 77.0 Å². The summed E-state index contributed by atoms with van der Waals surface area (Å²) in [6, 6.07) is 0. The molecule has 0 heterocycles. The van der Waals surface area contributed by atoms with Crippen molar-refractivity contribution in [3.05, 3.63) is 97.2 Å². The van der Waals surface area contributed by atoms with Gasteiger partial charge in [-0.3, -0.25) is 9.59 Å². The van der Waals surface area contributed by atoms with Gasteiger partial charge in [-0.15, -0.1) is 0 Å². The molecule has 0 saturated heterocycles. The molecule has 5 nitrogen and oxygen atoms in total. The first-order valence-corrected chi connectivity index (χ1v) is 24.8. The lowest BCUT2D eigenvalue weighted by atomic mass is 10.1. The highest BCUT2D eigenvalue weighted by atomic mass is 16.6. The Morgan fingerprint density at radius 1 is 0.383 bits per heavy atom. The van der Waals surface area contributed by atoms with Crippen LogP contribution in [0.4, 0.5) is 0 Å². The van der Waals surface area contributed by atoms with Gasteiger partial charge in [-0.25, -0.2) is 0 Å². The number of unbranched alkanes of at least 4 members (excludes halogenated alkanes) is 17. The molecular formula is C55H92O5. The Bertz CT molecular complexity index is 1170. The molecule has 0 aliphatic carbocycles. The molecule has 0 aromatic carbocycles. The fourth-order valence-corrected chi connectivity index (χ4v) is 6.50. The van der Waals surface area contributed by atoms with Gasteiger partial charge in [0.2, 0.25) is 0 Å². The van der Waals surface area contributed by atoms with Crippen molar-refractivity contribution in [1.82, 2.24) is 0 Å². The van der Waals surface area contributed by atoms with Gasteiger partial charge in [-0.1, -0.05) is 208 Å². The van der Waals surface area contributed by atoms with Crippen LogP contribution in [0.5, 0.6) is 0 Å². The Labute approximate surface area is 371 Å². The zero-order valence-corrected chi connectivity index (χ0v) is 39.2. The molecule has 0 spiro atoms. The predicted molar refractivity (Wildman–Crippen MR) is 260 cm³/mol. The normalized spacial score (nSPS) is 13.1. The molecule has 1 atom stereocenters. The van der Waals surface area contributed by atoms with E-state index in [2.05, 4.69) is 118 Å². The third-order valence-electron chi connectivity index (χ3n) is 10.1. The zero-order chi connectivity index (χ0) is 43.5. The summed E-state index contributed by atoms with van der Waals surface area (Å²) in [6.45, 7) is 7.52. The monoisotopic (exact) mass is 833 g/mol. The quantitative estimate of drug-likeness (QED) is 0.0348.